The van der Waals surface area contributed by atoms with Gasteiger partial charge in [-0.2, -0.15) is 0 Å². The van der Waals surface area contributed by atoms with E-state index in [4.69, 9.17) is 4.74 Å². The molecule has 3 heterocycles. The van der Waals surface area contributed by atoms with Crippen molar-refractivity contribution in [2.75, 3.05) is 64.5 Å². The first-order valence-electron chi connectivity index (χ1n) is 10.9. The zero-order chi connectivity index (χ0) is 22.0. The minimum atomic E-state index is -0.336. The predicted molar refractivity (Wildman–Crippen MR) is 115 cm³/mol. The molecule has 0 aliphatic carbocycles. The van der Waals surface area contributed by atoms with E-state index < -0.39 is 0 Å². The number of piperidine rings is 1. The van der Waals surface area contributed by atoms with Crippen molar-refractivity contribution in [3.8, 4) is 0 Å². The van der Waals surface area contributed by atoms with Crippen LogP contribution in [-0.4, -0.2) is 98.0 Å². The Labute approximate surface area is 182 Å². The molecule has 3 unspecified atom stereocenters. The van der Waals surface area contributed by atoms with E-state index in [1.165, 1.54) is 0 Å². The number of benzene rings is 1. The minimum absolute atomic E-state index is 0.00230. The SMILES string of the molecule is COCCN1CC(C(=O)N2CCN(C(C)=O)CC2)C2NN(c3ccccc3)C(=O)C2C1. The first-order valence-corrected chi connectivity index (χ1v) is 10.9. The maximum Gasteiger partial charge on any atom is 0.247 e. The van der Waals surface area contributed by atoms with Gasteiger partial charge in [0.25, 0.3) is 0 Å². The number of methoxy groups -OCH3 is 1. The van der Waals surface area contributed by atoms with Gasteiger partial charge in [0.1, 0.15) is 0 Å². The average Bonchev–Trinajstić information content (AvgIpc) is 3.13. The van der Waals surface area contributed by atoms with Crippen molar-refractivity contribution in [3.05, 3.63) is 30.3 Å². The van der Waals surface area contributed by atoms with E-state index in [0.29, 0.717) is 52.4 Å². The van der Waals surface area contributed by atoms with Gasteiger partial charge in [0.15, 0.2) is 0 Å². The lowest BCUT2D eigenvalue weighted by atomic mass is 9.83. The molecule has 1 aromatic rings. The fourth-order valence-corrected chi connectivity index (χ4v) is 4.82. The Hall–Kier alpha value is -2.49. The highest BCUT2D eigenvalue weighted by molar-refractivity contribution is 5.98. The van der Waals surface area contributed by atoms with E-state index in [9.17, 15) is 14.4 Å². The molecule has 168 valence electrons. The highest BCUT2D eigenvalue weighted by atomic mass is 16.5. The Bertz CT molecular complexity index is 811. The van der Waals surface area contributed by atoms with Gasteiger partial charge in [0.05, 0.1) is 30.2 Å². The highest BCUT2D eigenvalue weighted by Crippen LogP contribution is 2.32. The molecular formula is C22H31N5O4. The largest absolute Gasteiger partial charge is 0.383 e. The second kappa shape index (κ2) is 9.33. The van der Waals surface area contributed by atoms with Crippen LogP contribution in [0.2, 0.25) is 0 Å². The molecule has 3 atom stereocenters. The molecule has 0 bridgehead atoms. The van der Waals surface area contributed by atoms with Crippen LogP contribution in [0.15, 0.2) is 30.3 Å². The van der Waals surface area contributed by atoms with Gasteiger partial charge in [-0.1, -0.05) is 18.2 Å². The number of fused-ring (bicyclic) bond motifs is 1. The van der Waals surface area contributed by atoms with Gasteiger partial charge in [-0.15, -0.1) is 0 Å². The fraction of sp³-hybridized carbons (Fsp3) is 0.591. The number of hydrogen-bond donors (Lipinski definition) is 1. The Balaban J connectivity index is 1.53. The summed E-state index contributed by atoms with van der Waals surface area (Å²) in [6, 6.07) is 9.25. The molecular weight excluding hydrogens is 398 g/mol. The number of carbonyl (C=O) groups is 3. The Morgan fingerprint density at radius 2 is 1.74 bits per heavy atom. The van der Waals surface area contributed by atoms with Crippen molar-refractivity contribution in [2.24, 2.45) is 11.8 Å². The van der Waals surface area contributed by atoms with Gasteiger partial charge in [0, 0.05) is 59.8 Å². The third kappa shape index (κ3) is 4.44. The molecule has 0 saturated carbocycles. The first-order chi connectivity index (χ1) is 15.0. The van der Waals surface area contributed by atoms with Crippen molar-refractivity contribution >= 4 is 23.4 Å². The second-order valence-corrected chi connectivity index (χ2v) is 8.46. The summed E-state index contributed by atoms with van der Waals surface area (Å²) in [5.74, 6) is -0.541. The summed E-state index contributed by atoms with van der Waals surface area (Å²) in [5.41, 5.74) is 4.13. The smallest absolute Gasteiger partial charge is 0.247 e. The molecule has 3 saturated heterocycles. The number of hydrazine groups is 1. The maximum absolute atomic E-state index is 13.5. The van der Waals surface area contributed by atoms with Gasteiger partial charge in [0.2, 0.25) is 17.7 Å². The van der Waals surface area contributed by atoms with Crippen molar-refractivity contribution in [2.45, 2.75) is 13.0 Å². The van der Waals surface area contributed by atoms with Gasteiger partial charge >= 0.3 is 0 Å². The fourth-order valence-electron chi connectivity index (χ4n) is 4.82. The van der Waals surface area contributed by atoms with E-state index >= 15 is 0 Å². The van der Waals surface area contributed by atoms with Crippen LogP contribution in [0.1, 0.15) is 6.92 Å². The lowest BCUT2D eigenvalue weighted by molar-refractivity contribution is -0.144. The molecule has 3 amide bonds. The number of ether oxygens (including phenoxy) is 1. The molecule has 3 fully saturated rings. The van der Waals surface area contributed by atoms with E-state index in [1.807, 2.05) is 35.2 Å². The van der Waals surface area contributed by atoms with Gasteiger partial charge in [-0.3, -0.25) is 19.3 Å². The van der Waals surface area contributed by atoms with E-state index in [0.717, 1.165) is 5.69 Å². The summed E-state index contributed by atoms with van der Waals surface area (Å²) >= 11 is 0. The summed E-state index contributed by atoms with van der Waals surface area (Å²) in [4.78, 5) is 44.2. The van der Waals surface area contributed by atoms with Crippen LogP contribution >= 0.6 is 0 Å². The standard InChI is InChI=1S/C22H31N5O4/c1-16(28)25-8-10-26(11-9-25)21(29)18-14-24(12-13-31-2)15-19-20(18)23-27(22(19)30)17-6-4-3-5-7-17/h3-7,18-20,23H,8-15H2,1-2H3. The van der Waals surface area contributed by atoms with Crippen molar-refractivity contribution in [1.29, 1.82) is 0 Å². The molecule has 31 heavy (non-hydrogen) atoms. The zero-order valence-corrected chi connectivity index (χ0v) is 18.2. The number of rotatable bonds is 5. The quantitative estimate of drug-likeness (QED) is 0.697. The van der Waals surface area contributed by atoms with Crippen LogP contribution < -0.4 is 10.4 Å². The molecule has 0 spiro atoms. The molecule has 4 rings (SSSR count). The van der Waals surface area contributed by atoms with Crippen LogP contribution in [0.5, 0.6) is 0 Å². The second-order valence-electron chi connectivity index (χ2n) is 8.46. The number of amides is 3. The highest BCUT2D eigenvalue weighted by Gasteiger charge is 2.51. The zero-order valence-electron chi connectivity index (χ0n) is 18.2. The van der Waals surface area contributed by atoms with Crippen molar-refractivity contribution < 1.29 is 19.1 Å². The number of nitrogens with one attached hydrogen (secondary N) is 1. The Morgan fingerprint density at radius 3 is 2.39 bits per heavy atom. The number of piperazine rings is 1. The number of para-hydroxylation sites is 1. The predicted octanol–water partition coefficient (Wildman–Crippen LogP) is -0.208. The molecule has 3 aliphatic heterocycles. The van der Waals surface area contributed by atoms with Crippen LogP contribution in [-0.2, 0) is 19.1 Å². The maximum atomic E-state index is 13.5. The summed E-state index contributed by atoms with van der Waals surface area (Å²) < 4.78 is 5.23. The third-order valence-corrected chi connectivity index (χ3v) is 6.57. The number of nitrogens with zero attached hydrogens (tertiary/aromatic N) is 4. The average molecular weight is 430 g/mol. The molecule has 1 N–H and O–H groups in total. The summed E-state index contributed by atoms with van der Waals surface area (Å²) in [5, 5.41) is 1.60. The van der Waals surface area contributed by atoms with E-state index in [1.54, 1.807) is 23.9 Å². The molecule has 9 heteroatoms. The monoisotopic (exact) mass is 429 g/mol. The minimum Gasteiger partial charge on any atom is -0.383 e. The molecule has 9 nitrogen and oxygen atoms in total. The number of carbonyl (C=O) groups excluding carboxylic acids is 3. The van der Waals surface area contributed by atoms with E-state index in [2.05, 4.69) is 10.3 Å². The number of anilines is 1. The lowest BCUT2D eigenvalue weighted by Crippen LogP contribution is -2.60. The Morgan fingerprint density at radius 1 is 1.06 bits per heavy atom. The molecule has 0 radical (unpaired) electrons. The number of likely N-dealkylation sites (tertiary alicyclic amines) is 1. The molecule has 3 aliphatic rings. The first kappa shape index (κ1) is 21.7. The topological polar surface area (TPSA) is 85.4 Å². The van der Waals surface area contributed by atoms with Gasteiger partial charge < -0.3 is 14.5 Å². The summed E-state index contributed by atoms with van der Waals surface area (Å²) in [7, 11) is 1.66. The number of hydrogen-bond acceptors (Lipinski definition) is 6. The van der Waals surface area contributed by atoms with Crippen LogP contribution in [0.25, 0.3) is 0 Å². The lowest BCUT2D eigenvalue weighted by Gasteiger charge is -2.42. The van der Waals surface area contributed by atoms with Crippen molar-refractivity contribution in [1.82, 2.24) is 20.1 Å². The molecule has 1 aromatic carbocycles. The van der Waals surface area contributed by atoms with E-state index in [-0.39, 0.29) is 35.6 Å². The summed E-state index contributed by atoms with van der Waals surface area (Å²) in [6.07, 6.45) is 0. The van der Waals surface area contributed by atoms with Crippen LogP contribution in [0, 0.1) is 11.8 Å². The molecule has 0 aromatic heterocycles. The normalized spacial score (nSPS) is 26.8. The van der Waals surface area contributed by atoms with Crippen LogP contribution in [0.4, 0.5) is 5.69 Å². The van der Waals surface area contributed by atoms with Gasteiger partial charge in [-0.05, 0) is 12.1 Å². The third-order valence-electron chi connectivity index (χ3n) is 6.57. The van der Waals surface area contributed by atoms with Crippen molar-refractivity contribution in [3.63, 3.8) is 0 Å². The summed E-state index contributed by atoms with van der Waals surface area (Å²) in [6.45, 7) is 6.14. The Kier molecular flexibility index (Phi) is 6.54. The van der Waals surface area contributed by atoms with Gasteiger partial charge in [-0.25, -0.2) is 10.4 Å². The van der Waals surface area contributed by atoms with Crippen LogP contribution in [0.3, 0.4) is 0 Å².